The first-order valence-corrected chi connectivity index (χ1v) is 3.27. The number of aliphatic hydroxyl groups excluding tert-OH is 1. The lowest BCUT2D eigenvalue weighted by molar-refractivity contribution is 0.472. The van der Waals surface area contributed by atoms with E-state index in [1.807, 2.05) is 0 Å². The fourth-order valence-electron chi connectivity index (χ4n) is 0.0345. The third kappa shape index (κ3) is 2.72. The zero-order chi connectivity index (χ0) is 4.99. The van der Waals surface area contributed by atoms with E-state index in [1.54, 1.807) is 0 Å². The lowest BCUT2D eigenvalue weighted by Crippen LogP contribution is -1.66. The first kappa shape index (κ1) is 6.50. The van der Waals surface area contributed by atoms with Gasteiger partial charge in [-0.05, 0) is 0 Å². The minimum atomic E-state index is 0.670. The predicted octanol–water partition coefficient (Wildman–Crippen LogP) is 2.18. The van der Waals surface area contributed by atoms with Crippen LogP contribution < -0.4 is 0 Å². The molecule has 36 valence electrons. The molecule has 1 nitrogen and oxygen atoms in total. The molecule has 0 bridgehead atoms. The van der Waals surface area contributed by atoms with Gasteiger partial charge in [0.15, 0.2) is 0 Å². The van der Waals surface area contributed by atoms with Crippen molar-refractivity contribution in [2.24, 2.45) is 0 Å². The fraction of sp³-hybridized carbons (Fsp3) is 0.333. The van der Waals surface area contributed by atoms with Crippen molar-refractivity contribution in [2.45, 2.75) is 0 Å². The number of rotatable bonds is 1. The Kier molecular flexibility index (Phi) is 3.99. The van der Waals surface area contributed by atoms with Crippen molar-refractivity contribution in [3.05, 3.63) is 10.7 Å². The van der Waals surface area contributed by atoms with Crippen molar-refractivity contribution in [1.29, 1.82) is 0 Å². The summed E-state index contributed by atoms with van der Waals surface area (Å²) in [6.45, 7) is 0. The van der Waals surface area contributed by atoms with Gasteiger partial charge in [-0.15, -0.1) is 0 Å². The third-order valence-corrected chi connectivity index (χ3v) is 2.11. The maximum Gasteiger partial charge on any atom is 0.0901 e. The average molecular weight is 216 g/mol. The van der Waals surface area contributed by atoms with E-state index in [-0.39, 0.29) is 0 Å². The van der Waals surface area contributed by atoms with Gasteiger partial charge in [-0.25, -0.2) is 0 Å². The minimum Gasteiger partial charge on any atom is -0.515 e. The topological polar surface area (TPSA) is 20.2 Å². The molecule has 0 atom stereocenters. The maximum atomic E-state index is 8.10. The lowest BCUT2D eigenvalue weighted by Gasteiger charge is -1.79. The molecule has 3 heteroatoms. The Hall–Kier alpha value is 0.500. The summed E-state index contributed by atoms with van der Waals surface area (Å²) in [5.41, 5.74) is 0. The molecule has 0 aliphatic rings. The second-order valence-electron chi connectivity index (χ2n) is 0.710. The first-order valence-electron chi connectivity index (χ1n) is 1.36. The van der Waals surface area contributed by atoms with Crippen molar-refractivity contribution < 1.29 is 5.11 Å². The highest BCUT2D eigenvalue weighted by Gasteiger charge is 1.80. The molecule has 0 rings (SSSR count). The quantitative estimate of drug-likeness (QED) is 0.525. The second-order valence-corrected chi connectivity index (χ2v) is 2.29. The first-order chi connectivity index (χ1) is 2.81. The number of hydrogen-bond acceptors (Lipinski definition) is 1. The molecule has 0 radical (unpaired) electrons. The average Bonchev–Trinajstić information content (AvgIpc) is 1.65. The van der Waals surface area contributed by atoms with Gasteiger partial charge in [-0.2, -0.15) is 0 Å². The fourth-order valence-corrected chi connectivity index (χ4v) is 0.179. The van der Waals surface area contributed by atoms with Gasteiger partial charge in [-0.3, -0.25) is 0 Å². The van der Waals surface area contributed by atoms with Crippen molar-refractivity contribution >= 4 is 31.9 Å². The highest BCUT2D eigenvalue weighted by Crippen LogP contribution is 2.04. The Bertz CT molecular complexity index is 59.8. The van der Waals surface area contributed by atoms with Crippen molar-refractivity contribution in [2.75, 3.05) is 5.33 Å². The molecule has 0 aromatic heterocycles. The summed E-state index contributed by atoms with van der Waals surface area (Å²) in [7, 11) is 0. The molecule has 0 aliphatic carbocycles. The molecular formula is C3H4Br2O. The Morgan fingerprint density at radius 1 is 1.83 bits per heavy atom. The molecule has 0 heterocycles. The standard InChI is InChI=1S/C3H4Br2O/c4-1-3(5)2-6/h2,6H,1H2. The van der Waals surface area contributed by atoms with Crippen LogP contribution in [0.1, 0.15) is 0 Å². The van der Waals surface area contributed by atoms with Crippen LogP contribution in [0.2, 0.25) is 0 Å². The third-order valence-electron chi connectivity index (χ3n) is 0.268. The second kappa shape index (κ2) is 3.68. The van der Waals surface area contributed by atoms with E-state index >= 15 is 0 Å². The highest BCUT2D eigenvalue weighted by molar-refractivity contribution is 9.13. The van der Waals surface area contributed by atoms with E-state index in [4.69, 9.17) is 5.11 Å². The summed E-state index contributed by atoms with van der Waals surface area (Å²) in [5.74, 6) is 0. The van der Waals surface area contributed by atoms with Crippen LogP contribution in [-0.2, 0) is 0 Å². The molecule has 0 aromatic carbocycles. The normalized spacial score (nSPS) is 12.0. The van der Waals surface area contributed by atoms with Crippen LogP contribution in [0.5, 0.6) is 0 Å². The monoisotopic (exact) mass is 214 g/mol. The molecule has 0 amide bonds. The molecular weight excluding hydrogens is 212 g/mol. The molecule has 0 saturated carbocycles. The van der Waals surface area contributed by atoms with Crippen LogP contribution in [0.3, 0.4) is 0 Å². The van der Waals surface area contributed by atoms with Crippen molar-refractivity contribution in [3.63, 3.8) is 0 Å². The molecule has 0 aromatic rings. The molecule has 0 fully saturated rings. The number of hydrogen-bond donors (Lipinski definition) is 1. The van der Waals surface area contributed by atoms with Gasteiger partial charge in [0.1, 0.15) is 0 Å². The molecule has 0 saturated heterocycles. The lowest BCUT2D eigenvalue weighted by atomic mass is 10.7. The molecule has 0 aliphatic heterocycles. The van der Waals surface area contributed by atoms with Gasteiger partial charge < -0.3 is 5.11 Å². The summed E-state index contributed by atoms with van der Waals surface area (Å²) >= 11 is 6.14. The minimum absolute atomic E-state index is 0.670. The smallest absolute Gasteiger partial charge is 0.0901 e. The number of allylic oxidation sites excluding steroid dienone is 1. The van der Waals surface area contributed by atoms with E-state index < -0.39 is 0 Å². The Labute approximate surface area is 53.3 Å². The Morgan fingerprint density at radius 2 is 2.33 bits per heavy atom. The summed E-state index contributed by atoms with van der Waals surface area (Å²) in [6, 6.07) is 0. The summed E-state index contributed by atoms with van der Waals surface area (Å²) in [5, 5.41) is 8.77. The summed E-state index contributed by atoms with van der Waals surface area (Å²) in [4.78, 5) is 0. The maximum absolute atomic E-state index is 8.10. The van der Waals surface area contributed by atoms with Crippen molar-refractivity contribution in [1.82, 2.24) is 0 Å². The molecule has 0 unspecified atom stereocenters. The SMILES string of the molecule is OC=C(Br)CBr. The van der Waals surface area contributed by atoms with Gasteiger partial charge in [0.05, 0.1) is 6.26 Å². The van der Waals surface area contributed by atoms with Crippen LogP contribution >= 0.6 is 31.9 Å². The molecule has 1 N–H and O–H groups in total. The van der Waals surface area contributed by atoms with E-state index in [9.17, 15) is 0 Å². The largest absolute Gasteiger partial charge is 0.515 e. The van der Waals surface area contributed by atoms with Gasteiger partial charge in [0.2, 0.25) is 0 Å². The van der Waals surface area contributed by atoms with Crippen LogP contribution in [0.25, 0.3) is 0 Å². The Morgan fingerprint density at radius 3 is 2.33 bits per heavy atom. The number of alkyl halides is 1. The van der Waals surface area contributed by atoms with Gasteiger partial charge in [0, 0.05) is 9.81 Å². The van der Waals surface area contributed by atoms with Crippen molar-refractivity contribution in [3.8, 4) is 0 Å². The van der Waals surface area contributed by atoms with E-state index in [0.29, 0.717) is 5.33 Å². The Balaban J connectivity index is 3.22. The highest BCUT2D eigenvalue weighted by atomic mass is 79.9. The van der Waals surface area contributed by atoms with Crippen LogP contribution in [0.15, 0.2) is 10.7 Å². The van der Waals surface area contributed by atoms with Crippen LogP contribution in [-0.4, -0.2) is 10.4 Å². The van der Waals surface area contributed by atoms with E-state index in [2.05, 4.69) is 31.9 Å². The number of halogens is 2. The number of aliphatic hydroxyl groups is 1. The van der Waals surface area contributed by atoms with Gasteiger partial charge in [0.25, 0.3) is 0 Å². The van der Waals surface area contributed by atoms with Gasteiger partial charge >= 0.3 is 0 Å². The van der Waals surface area contributed by atoms with Crippen LogP contribution in [0.4, 0.5) is 0 Å². The summed E-state index contributed by atoms with van der Waals surface area (Å²) in [6.07, 6.45) is 1.01. The zero-order valence-corrected chi connectivity index (χ0v) is 6.16. The van der Waals surface area contributed by atoms with Gasteiger partial charge in [-0.1, -0.05) is 31.9 Å². The van der Waals surface area contributed by atoms with E-state index in [0.717, 1.165) is 10.7 Å². The zero-order valence-electron chi connectivity index (χ0n) is 2.99. The van der Waals surface area contributed by atoms with E-state index in [1.165, 1.54) is 0 Å². The van der Waals surface area contributed by atoms with Crippen LogP contribution in [0, 0.1) is 0 Å². The predicted molar refractivity (Wildman–Crippen MR) is 33.4 cm³/mol. The molecule has 0 spiro atoms. The summed E-state index contributed by atoms with van der Waals surface area (Å²) < 4.78 is 0.752. The molecule has 6 heavy (non-hydrogen) atoms.